The number of halogens is 3. The highest BCUT2D eigenvalue weighted by Gasteiger charge is 2.33. The van der Waals surface area contributed by atoms with E-state index in [0.29, 0.717) is 17.8 Å². The van der Waals surface area contributed by atoms with E-state index in [-0.39, 0.29) is 19.8 Å². The molecule has 0 amide bonds. The molecule has 0 saturated carbocycles. The van der Waals surface area contributed by atoms with Crippen LogP contribution in [-0.4, -0.2) is 44.4 Å². The van der Waals surface area contributed by atoms with Crippen molar-refractivity contribution < 1.29 is 26.3 Å². The maximum absolute atomic E-state index is 12.7. The molecular weight excluding hydrogens is 343 g/mol. The number of sulfonamides is 1. The first-order valence-corrected chi connectivity index (χ1v) is 9.08. The van der Waals surface area contributed by atoms with Crippen molar-refractivity contribution in [1.82, 2.24) is 4.31 Å². The highest BCUT2D eigenvalue weighted by atomic mass is 32.2. The minimum Gasteiger partial charge on any atom is -0.373 e. The second kappa shape index (κ2) is 8.53. The Balaban J connectivity index is 3.08. The molecule has 0 spiro atoms. The van der Waals surface area contributed by atoms with Crippen molar-refractivity contribution in [3.63, 3.8) is 0 Å². The summed E-state index contributed by atoms with van der Waals surface area (Å²) >= 11 is 0. The Kier molecular flexibility index (Phi) is 7.28. The van der Waals surface area contributed by atoms with E-state index in [0.717, 1.165) is 16.3 Å². The summed E-state index contributed by atoms with van der Waals surface area (Å²) in [5.41, 5.74) is 0.228. The summed E-state index contributed by atoms with van der Waals surface area (Å²) in [6.07, 6.45) is 1.03. The molecule has 0 bridgehead atoms. The van der Waals surface area contributed by atoms with Gasteiger partial charge in [0.15, 0.2) is 0 Å². The molecule has 0 aliphatic carbocycles. The van der Waals surface area contributed by atoms with Gasteiger partial charge >= 0.3 is 6.18 Å². The molecule has 4 nitrogen and oxygen atoms in total. The highest BCUT2D eigenvalue weighted by molar-refractivity contribution is 7.89. The summed E-state index contributed by atoms with van der Waals surface area (Å²) in [5.74, 6) is -0.748. The van der Waals surface area contributed by atoms with Crippen molar-refractivity contribution in [2.75, 3.05) is 25.5 Å². The summed E-state index contributed by atoms with van der Waals surface area (Å²) < 4.78 is 69.3. The molecule has 136 valence electrons. The van der Waals surface area contributed by atoms with Crippen molar-refractivity contribution in [1.29, 1.82) is 0 Å². The molecule has 0 radical (unpaired) electrons. The Morgan fingerprint density at radius 3 is 2.58 bits per heavy atom. The number of rotatable bonds is 6. The molecule has 0 aromatic rings. The Bertz CT molecular complexity index is 646. The Morgan fingerprint density at radius 1 is 1.38 bits per heavy atom. The second-order valence-electron chi connectivity index (χ2n) is 5.26. The third-order valence-electron chi connectivity index (χ3n) is 3.33. The zero-order chi connectivity index (χ0) is 18.4. The zero-order valence-electron chi connectivity index (χ0n) is 13.8. The maximum Gasteiger partial charge on any atom is 0.416 e. The van der Waals surface area contributed by atoms with E-state index < -0.39 is 27.5 Å². The number of alkyl halides is 3. The van der Waals surface area contributed by atoms with E-state index in [1.165, 1.54) is 0 Å². The van der Waals surface area contributed by atoms with Gasteiger partial charge in [0.1, 0.15) is 0 Å². The average molecular weight is 365 g/mol. The fourth-order valence-electron chi connectivity index (χ4n) is 2.21. The van der Waals surface area contributed by atoms with E-state index in [9.17, 15) is 21.6 Å². The summed E-state index contributed by atoms with van der Waals surface area (Å²) in [7, 11) is -3.92. The van der Waals surface area contributed by atoms with Crippen LogP contribution in [0.25, 0.3) is 0 Å². The standard InChI is InChI=1S/C16H22F3NO3S/c1-4-6-13(3)11-15-12-23-9-8-20(15)24(21,22)10-7-14(5-2)16(17,18)19/h5-7,11H,2,4,8-10,12H2,1,3H3/b13-6-,14-7+,15-11+. The van der Waals surface area contributed by atoms with E-state index in [4.69, 9.17) is 4.74 Å². The minimum absolute atomic E-state index is 0.0802. The third kappa shape index (κ3) is 5.83. The third-order valence-corrected chi connectivity index (χ3v) is 5.00. The SMILES string of the molecule is C=C/C(=C\CS(=O)(=O)N1CCOC/C1=C\C(C)=C/CC)C(F)(F)F. The molecular formula is C16H22F3NO3S. The second-order valence-corrected chi connectivity index (χ2v) is 7.19. The van der Waals surface area contributed by atoms with Crippen LogP contribution < -0.4 is 0 Å². The molecule has 0 aromatic carbocycles. The predicted octanol–water partition coefficient (Wildman–Crippen LogP) is 3.56. The summed E-state index contributed by atoms with van der Waals surface area (Å²) in [4.78, 5) is 0. The lowest BCUT2D eigenvalue weighted by Crippen LogP contribution is -2.40. The van der Waals surface area contributed by atoms with Crippen LogP contribution in [0, 0.1) is 0 Å². The lowest BCUT2D eigenvalue weighted by molar-refractivity contribution is -0.0882. The first kappa shape index (κ1) is 20.5. The van der Waals surface area contributed by atoms with Crippen molar-refractivity contribution in [2.24, 2.45) is 0 Å². The van der Waals surface area contributed by atoms with Crippen molar-refractivity contribution >= 4 is 10.0 Å². The highest BCUT2D eigenvalue weighted by Crippen LogP contribution is 2.27. The van der Waals surface area contributed by atoms with Gasteiger partial charge in [-0.2, -0.15) is 13.2 Å². The fourth-order valence-corrected chi connectivity index (χ4v) is 3.60. The van der Waals surface area contributed by atoms with Gasteiger partial charge in [-0.1, -0.05) is 37.3 Å². The van der Waals surface area contributed by atoms with Crippen LogP contribution in [0.2, 0.25) is 0 Å². The molecule has 1 fully saturated rings. The molecule has 1 aliphatic heterocycles. The Labute approximate surface area is 141 Å². The molecule has 0 atom stereocenters. The zero-order valence-corrected chi connectivity index (χ0v) is 14.6. The van der Waals surface area contributed by atoms with Crippen LogP contribution >= 0.6 is 0 Å². The normalized spacial score (nSPS) is 19.7. The molecule has 1 aliphatic rings. The van der Waals surface area contributed by atoms with E-state index in [2.05, 4.69) is 6.58 Å². The number of ether oxygens (including phenoxy) is 1. The number of hydrogen-bond acceptors (Lipinski definition) is 3. The summed E-state index contributed by atoms with van der Waals surface area (Å²) in [6, 6.07) is 0. The molecule has 0 aromatic heterocycles. The van der Waals surface area contributed by atoms with Crippen LogP contribution in [0.1, 0.15) is 20.3 Å². The number of nitrogens with zero attached hydrogens (tertiary/aromatic N) is 1. The predicted molar refractivity (Wildman–Crippen MR) is 87.8 cm³/mol. The van der Waals surface area contributed by atoms with Gasteiger partial charge in [-0.25, -0.2) is 8.42 Å². The van der Waals surface area contributed by atoms with Crippen molar-refractivity contribution in [3.8, 4) is 0 Å². The minimum atomic E-state index is -4.62. The van der Waals surface area contributed by atoms with E-state index in [1.807, 2.05) is 19.9 Å². The van der Waals surface area contributed by atoms with Crippen LogP contribution in [0.5, 0.6) is 0 Å². The largest absolute Gasteiger partial charge is 0.416 e. The first-order valence-electron chi connectivity index (χ1n) is 7.47. The molecule has 24 heavy (non-hydrogen) atoms. The van der Waals surface area contributed by atoms with E-state index in [1.54, 1.807) is 6.08 Å². The molecule has 1 rings (SSSR count). The van der Waals surface area contributed by atoms with Gasteiger partial charge < -0.3 is 4.74 Å². The number of allylic oxidation sites excluding steroid dienone is 5. The van der Waals surface area contributed by atoms with Gasteiger partial charge in [0.05, 0.1) is 36.8 Å². The fraction of sp³-hybridized carbons (Fsp3) is 0.500. The molecule has 0 unspecified atom stereocenters. The van der Waals surface area contributed by atoms with Gasteiger partial charge in [0.25, 0.3) is 0 Å². The van der Waals surface area contributed by atoms with Gasteiger partial charge in [0.2, 0.25) is 10.0 Å². The maximum atomic E-state index is 12.7. The smallest absolute Gasteiger partial charge is 0.373 e. The summed E-state index contributed by atoms with van der Waals surface area (Å²) in [5, 5.41) is 0. The van der Waals surface area contributed by atoms with Crippen molar-refractivity contribution in [2.45, 2.75) is 26.4 Å². The molecule has 8 heteroatoms. The van der Waals surface area contributed by atoms with Gasteiger partial charge in [0, 0.05) is 0 Å². The van der Waals surface area contributed by atoms with Gasteiger partial charge in [-0.3, -0.25) is 4.31 Å². The molecule has 1 saturated heterocycles. The molecule has 0 N–H and O–H groups in total. The van der Waals surface area contributed by atoms with Crippen LogP contribution in [-0.2, 0) is 14.8 Å². The topological polar surface area (TPSA) is 46.6 Å². The number of hydrogen-bond donors (Lipinski definition) is 0. The first-order chi connectivity index (χ1) is 11.1. The van der Waals surface area contributed by atoms with Crippen molar-refractivity contribution in [3.05, 3.63) is 47.7 Å². The van der Waals surface area contributed by atoms with Gasteiger partial charge in [-0.15, -0.1) is 0 Å². The Hall–Kier alpha value is -1.54. The Morgan fingerprint density at radius 2 is 2.04 bits per heavy atom. The lowest BCUT2D eigenvalue weighted by Gasteiger charge is -2.30. The van der Waals surface area contributed by atoms with Gasteiger partial charge in [-0.05, 0) is 19.4 Å². The molecule has 1 heterocycles. The summed E-state index contributed by atoms with van der Waals surface area (Å²) in [6.45, 7) is 7.24. The van der Waals surface area contributed by atoms with Crippen LogP contribution in [0.3, 0.4) is 0 Å². The average Bonchev–Trinajstić information content (AvgIpc) is 2.47. The monoisotopic (exact) mass is 365 g/mol. The quantitative estimate of drug-likeness (QED) is 0.676. The van der Waals surface area contributed by atoms with Crippen LogP contribution in [0.4, 0.5) is 13.2 Å². The number of morpholine rings is 1. The van der Waals surface area contributed by atoms with E-state index >= 15 is 0 Å². The van der Waals surface area contributed by atoms with Crippen LogP contribution in [0.15, 0.2) is 47.7 Å². The lowest BCUT2D eigenvalue weighted by atomic mass is 10.2.